The number of nitrogens with one attached hydrogen (secondary N) is 4. The quantitative estimate of drug-likeness (QED) is 0.0306. The molecule has 139 heavy (non-hydrogen) atoms. The molecular weight excluding hydrogens is 1780 g/mol. The summed E-state index contributed by atoms with van der Waals surface area (Å²) in [5, 5.41) is 52.7. The number of aromatic nitrogens is 17. The number of methoxy groups -OCH3 is 4. The molecule has 0 radical (unpaired) electrons. The first-order valence-corrected chi connectivity index (χ1v) is 47.6. The molecule has 712 valence electrons. The van der Waals surface area contributed by atoms with Crippen molar-refractivity contribution in [2.24, 2.45) is 11.7 Å². The van der Waals surface area contributed by atoms with Crippen LogP contribution in [0.2, 0.25) is 5.15 Å². The zero-order valence-corrected chi connectivity index (χ0v) is 79.4. The summed E-state index contributed by atoms with van der Waals surface area (Å²) < 4.78 is 50.8. The van der Waals surface area contributed by atoms with Gasteiger partial charge >= 0.3 is 5.97 Å². The molecule has 0 unspecified atom stereocenters. The first-order valence-electron chi connectivity index (χ1n) is 47.3. The monoisotopic (exact) mass is 1890 g/mol. The van der Waals surface area contributed by atoms with Gasteiger partial charge in [0.05, 0.1) is 117 Å². The predicted octanol–water partition coefficient (Wildman–Crippen LogP) is 20.7. The Hall–Kier alpha value is -15.2. The van der Waals surface area contributed by atoms with Crippen LogP contribution in [0, 0.1) is 23.1 Å². The Morgan fingerprint density at radius 1 is 0.518 bits per heavy atom. The van der Waals surface area contributed by atoms with Crippen molar-refractivity contribution in [3.8, 4) is 74.1 Å². The number of hydrogen-bond donors (Lipinski definition) is 6. The Labute approximate surface area is 809 Å². The topological polar surface area (TPSA) is 361 Å². The van der Waals surface area contributed by atoms with E-state index in [0.29, 0.717) is 111 Å². The summed E-state index contributed by atoms with van der Waals surface area (Å²) in [5.41, 5.74) is 23.6. The minimum Gasteiger partial charge on any atom is -0.497 e. The van der Waals surface area contributed by atoms with Gasteiger partial charge in [-0.25, -0.2) is 52.4 Å². The maximum Gasteiger partial charge on any atom is 0.306 e. The molecule has 31 nitrogen and oxygen atoms in total. The van der Waals surface area contributed by atoms with E-state index in [1.807, 2.05) is 109 Å². The first kappa shape index (κ1) is 94.2. The number of anilines is 7. The highest BCUT2D eigenvalue weighted by atomic mass is 35.5. The van der Waals surface area contributed by atoms with E-state index in [2.05, 4.69) is 137 Å². The minimum atomic E-state index is -0.439. The zero-order chi connectivity index (χ0) is 96.0. The molecule has 12 aromatic heterocycles. The van der Waals surface area contributed by atoms with E-state index in [-0.39, 0.29) is 17.9 Å². The average Bonchev–Trinajstić information content (AvgIpc) is 1.63. The fraction of sp³-hybridized carbons (Fsp3) is 0.321. The number of nitrogens with zero attached hydrogens (tertiary/aromatic N) is 19. The molecule has 0 amide bonds. The van der Waals surface area contributed by atoms with Crippen molar-refractivity contribution >= 4 is 86.0 Å². The molecule has 5 aliphatic rings. The van der Waals surface area contributed by atoms with Crippen LogP contribution in [0.25, 0.3) is 73.1 Å². The molecule has 5 aromatic carbocycles. The average molecular weight is 1890 g/mol. The highest BCUT2D eigenvalue weighted by molar-refractivity contribution is 6.29. The van der Waals surface area contributed by atoms with Crippen molar-refractivity contribution in [2.45, 2.75) is 184 Å². The van der Waals surface area contributed by atoms with Gasteiger partial charge in [-0.3, -0.25) is 19.2 Å². The normalized spacial score (nSPS) is 17.3. The third-order valence-corrected chi connectivity index (χ3v) is 25.7. The lowest BCUT2D eigenvalue weighted by Gasteiger charge is -2.30. The van der Waals surface area contributed by atoms with Crippen LogP contribution in [0.4, 0.5) is 44.6 Å². The number of rotatable bonds is 24. The zero-order valence-electron chi connectivity index (χ0n) is 78.7. The van der Waals surface area contributed by atoms with Gasteiger partial charge in [0.1, 0.15) is 28.8 Å². The number of aliphatic hydroxyl groups excluding tert-OH is 1. The van der Waals surface area contributed by atoms with Crippen LogP contribution in [-0.4, -0.2) is 158 Å². The summed E-state index contributed by atoms with van der Waals surface area (Å²) in [5.74, 6) is 6.04. The molecule has 7 N–H and O–H groups in total. The molecule has 5 fully saturated rings. The Kier molecular flexibility index (Phi) is 29.1. The number of esters is 1. The lowest BCUT2D eigenvalue weighted by molar-refractivity contribution is -0.156. The van der Waals surface area contributed by atoms with Crippen LogP contribution in [-0.2, 0) is 16.1 Å². The van der Waals surface area contributed by atoms with Gasteiger partial charge in [0.15, 0.2) is 45.1 Å². The van der Waals surface area contributed by atoms with Gasteiger partial charge in [-0.2, -0.15) is 10.4 Å². The molecule has 5 saturated carbocycles. The van der Waals surface area contributed by atoms with E-state index in [1.54, 1.807) is 129 Å². The first-order chi connectivity index (χ1) is 67.8. The van der Waals surface area contributed by atoms with Gasteiger partial charge in [0, 0.05) is 150 Å². The van der Waals surface area contributed by atoms with Crippen LogP contribution in [0.5, 0.6) is 23.1 Å². The Morgan fingerprint density at radius 2 is 1.05 bits per heavy atom. The number of nitriles is 1. The predicted molar refractivity (Wildman–Crippen MR) is 536 cm³/mol. The summed E-state index contributed by atoms with van der Waals surface area (Å²) in [7, 11) is 6.44. The van der Waals surface area contributed by atoms with Crippen molar-refractivity contribution in [2.75, 3.05) is 54.6 Å². The van der Waals surface area contributed by atoms with Gasteiger partial charge < -0.3 is 60.7 Å². The maximum atomic E-state index is 14.5. The van der Waals surface area contributed by atoms with Gasteiger partial charge in [0.25, 0.3) is 5.88 Å². The number of imidazole rings is 5. The molecular formula is C106H112ClFN24O7. The van der Waals surface area contributed by atoms with Crippen LogP contribution in [0.3, 0.4) is 0 Å². The van der Waals surface area contributed by atoms with Crippen LogP contribution in [0.15, 0.2) is 244 Å². The van der Waals surface area contributed by atoms with Gasteiger partial charge in [-0.1, -0.05) is 78.3 Å². The van der Waals surface area contributed by atoms with Crippen molar-refractivity contribution < 1.29 is 38.0 Å². The van der Waals surface area contributed by atoms with E-state index in [4.69, 9.17) is 61.3 Å². The molecule has 5 aliphatic carbocycles. The number of benzene rings is 5. The molecule has 0 aliphatic heterocycles. The van der Waals surface area contributed by atoms with Gasteiger partial charge in [-0.15, -0.1) is 15.3 Å². The number of fused-ring (bicyclic) bond motifs is 5. The second kappa shape index (κ2) is 43.0. The largest absolute Gasteiger partial charge is 0.497 e. The number of ether oxygens (including phenoxy) is 5. The molecule has 0 saturated heterocycles. The lowest BCUT2D eigenvalue weighted by atomic mass is 9.84. The molecule has 22 rings (SSSR count). The van der Waals surface area contributed by atoms with E-state index in [0.717, 1.165) is 168 Å². The van der Waals surface area contributed by atoms with Crippen molar-refractivity contribution in [3.63, 3.8) is 0 Å². The highest BCUT2D eigenvalue weighted by Gasteiger charge is 2.34. The van der Waals surface area contributed by atoms with Crippen molar-refractivity contribution in [1.82, 2.24) is 82.7 Å². The van der Waals surface area contributed by atoms with E-state index in [9.17, 15) is 19.6 Å². The SMILES string of the molecule is COc1cc(Cl)nn2c(-c3ccncc3)cnc12.COc1cc(NC2CCC(O)CC2)nn2c(-c3ccncc3)cnc12.COc1ccc(CN(c2ccccc2)c2cc(NC3CCC(CC(=O)OC(C)(C)C)CC3)nn3c(C4CC4)cnc23)cc1.COc1nccn2c(-c3ccc(F)c(-c4ccccc4C#N)c3)cnc12.NC1CCC(Nc2cc(Nc3ccccc3)c3ncc(C4CC4)n3n2)CC1. The van der Waals surface area contributed by atoms with Gasteiger partial charge in [0.2, 0.25) is 5.65 Å². The second-order valence-corrected chi connectivity index (χ2v) is 36.9. The number of hydrogen-bond acceptors (Lipinski definition) is 26. The molecule has 0 atom stereocenters. The molecule has 0 bridgehead atoms. The van der Waals surface area contributed by atoms with E-state index in [1.165, 1.54) is 55.8 Å². The van der Waals surface area contributed by atoms with E-state index >= 15 is 0 Å². The summed E-state index contributed by atoms with van der Waals surface area (Å²) in [4.78, 5) is 49.6. The number of pyridine rings is 2. The second-order valence-electron chi connectivity index (χ2n) is 36.6. The summed E-state index contributed by atoms with van der Waals surface area (Å²) in [6, 6.07) is 59.6. The molecule has 12 heterocycles. The standard InChI is InChI=1S/C35H43N5O3.C21H26N6.C20H13FN4O.C18H21N5O2.C12H9ClN4O/c1-35(2,3)43-33(41)20-24-10-16-27(17-11-24)37-32-21-30(34-36-22-31(26-14-15-26)40(34)38-32)39(28-8-6-5-7-9-28)23-25-12-18-29(42-4)19-13-25;22-15-8-10-17(11-9-15)25-20-12-18(24-16-4-2-1-3-5-16)21-23-13-19(14-6-7-14)27(21)26-20;1-26-20-19-24-12-18(25(19)9-8-23-20)13-6-7-17(21)16(10-13)15-5-3-2-4-14(15)11-22;1-25-16-10-17(21-13-2-4-14(24)5-3-13)22-23-15(11-20-18(16)23)12-6-8-19-9-7-12;1-18-10-6-11(13)16-17-9(7-15-12(10)17)8-2-4-14-5-3-8/h5-9,12-13,18-19,21-22,24,26-27H,10-11,14-17,20,23H2,1-4H3,(H,37,38);1-5,12-15,17,24H,6-11,22H2,(H,25,26);2-10,12H,1H3;6-11,13-14,24H,2-5H2,1H3,(H,21,22);2-7H,1H3. The van der Waals surface area contributed by atoms with Crippen LogP contribution >= 0.6 is 11.6 Å². The molecule has 17 aromatic rings. The number of nitrogens with two attached hydrogens (primary N) is 1. The number of aliphatic hydroxyl groups is 1. The molecule has 0 spiro atoms. The number of para-hydroxylation sites is 2. The summed E-state index contributed by atoms with van der Waals surface area (Å²) >= 11 is 5.97. The Balaban J connectivity index is 0.000000119. The fourth-order valence-corrected chi connectivity index (χ4v) is 18.3. The lowest BCUT2D eigenvalue weighted by Crippen LogP contribution is -2.33. The van der Waals surface area contributed by atoms with Gasteiger partial charge in [-0.05, 0) is 220 Å². The maximum absolute atomic E-state index is 14.5. The molecule has 33 heteroatoms. The summed E-state index contributed by atoms with van der Waals surface area (Å²) in [6.07, 6.45) is 36.5. The van der Waals surface area contributed by atoms with E-state index < -0.39 is 5.60 Å². The van der Waals surface area contributed by atoms with Crippen LogP contribution < -0.4 is 50.8 Å². The Bertz CT molecular complexity index is 7110. The number of carbonyl (C=O) groups is 1. The smallest absolute Gasteiger partial charge is 0.306 e. The third-order valence-electron chi connectivity index (χ3n) is 25.5. The highest BCUT2D eigenvalue weighted by Crippen LogP contribution is 2.45. The fourth-order valence-electron chi connectivity index (χ4n) is 18.1. The van der Waals surface area contributed by atoms with Crippen molar-refractivity contribution in [1.29, 1.82) is 5.26 Å². The number of carbonyl (C=O) groups excluding carboxylic acids is 1. The number of halogens is 2. The Morgan fingerprint density at radius 3 is 1.65 bits per heavy atom. The van der Waals surface area contributed by atoms with Crippen LogP contribution in [0.1, 0.15) is 164 Å². The van der Waals surface area contributed by atoms with Crippen molar-refractivity contribution in [3.05, 3.63) is 278 Å². The summed E-state index contributed by atoms with van der Waals surface area (Å²) in [6.45, 7) is 6.45. The minimum absolute atomic E-state index is 0.0914. The third kappa shape index (κ3) is 22.7.